The summed E-state index contributed by atoms with van der Waals surface area (Å²) in [4.78, 5) is 6.57. The first-order chi connectivity index (χ1) is 7.31. The quantitative estimate of drug-likeness (QED) is 0.741. The number of nitrogens with zero attached hydrogens (tertiary/aromatic N) is 2. The van der Waals surface area contributed by atoms with Gasteiger partial charge in [0.2, 0.25) is 0 Å². The maximum Gasteiger partial charge on any atom is 0.133 e. The Kier molecular flexibility index (Phi) is 3.18. The summed E-state index contributed by atoms with van der Waals surface area (Å²) in [5.74, 6) is 0.979. The Morgan fingerprint density at radius 2 is 2.20 bits per heavy atom. The molecule has 0 spiro atoms. The monoisotopic (exact) mass is 207 g/mol. The molecule has 1 aromatic heterocycles. The van der Waals surface area contributed by atoms with Crippen LogP contribution in [-0.4, -0.2) is 29.3 Å². The zero-order valence-corrected chi connectivity index (χ0v) is 8.76. The fraction of sp³-hybridized carbons (Fsp3) is 0.545. The summed E-state index contributed by atoms with van der Waals surface area (Å²) in [5, 5.41) is 9.43. The lowest BCUT2D eigenvalue weighted by Crippen LogP contribution is -2.37. The summed E-state index contributed by atoms with van der Waals surface area (Å²) in [7, 11) is 0. The van der Waals surface area contributed by atoms with E-state index in [0.717, 1.165) is 37.3 Å². The number of nitrogens with two attached hydrogens (primary N) is 1. The molecule has 1 saturated heterocycles. The number of aromatic nitrogens is 1. The van der Waals surface area contributed by atoms with Crippen LogP contribution in [-0.2, 0) is 6.54 Å². The van der Waals surface area contributed by atoms with Crippen molar-refractivity contribution in [1.29, 1.82) is 0 Å². The molecule has 1 fully saturated rings. The molecule has 2 heterocycles. The molecule has 1 aromatic rings. The Morgan fingerprint density at radius 1 is 1.47 bits per heavy atom. The fourth-order valence-corrected chi connectivity index (χ4v) is 1.95. The SMILES string of the molecule is NCc1cccnc1N1CCC(O)CC1. The highest BCUT2D eigenvalue weighted by Crippen LogP contribution is 2.21. The summed E-state index contributed by atoms with van der Waals surface area (Å²) in [6.45, 7) is 2.25. The zero-order valence-electron chi connectivity index (χ0n) is 8.76. The number of rotatable bonds is 2. The molecule has 1 aliphatic heterocycles. The number of aliphatic hydroxyl groups is 1. The maximum absolute atomic E-state index is 9.43. The number of aliphatic hydroxyl groups excluding tert-OH is 1. The summed E-state index contributed by atoms with van der Waals surface area (Å²) in [5.41, 5.74) is 6.75. The summed E-state index contributed by atoms with van der Waals surface area (Å²) in [6.07, 6.45) is 3.28. The Hall–Kier alpha value is -1.13. The van der Waals surface area contributed by atoms with E-state index in [1.807, 2.05) is 12.1 Å². The molecule has 15 heavy (non-hydrogen) atoms. The number of hydrogen-bond acceptors (Lipinski definition) is 4. The van der Waals surface area contributed by atoms with Gasteiger partial charge in [0, 0.05) is 31.4 Å². The average Bonchev–Trinajstić information content (AvgIpc) is 2.30. The van der Waals surface area contributed by atoms with Crippen LogP contribution in [0, 0.1) is 0 Å². The molecule has 4 heteroatoms. The highest BCUT2D eigenvalue weighted by atomic mass is 16.3. The van der Waals surface area contributed by atoms with E-state index in [0.29, 0.717) is 6.54 Å². The normalized spacial score (nSPS) is 18.1. The van der Waals surface area contributed by atoms with E-state index in [1.54, 1.807) is 6.20 Å². The first-order valence-corrected chi connectivity index (χ1v) is 5.38. The van der Waals surface area contributed by atoms with Crippen LogP contribution in [0.2, 0.25) is 0 Å². The van der Waals surface area contributed by atoms with Gasteiger partial charge in [0.15, 0.2) is 0 Å². The van der Waals surface area contributed by atoms with Gasteiger partial charge in [-0.1, -0.05) is 6.07 Å². The van der Waals surface area contributed by atoms with Crippen LogP contribution >= 0.6 is 0 Å². The predicted octanol–water partition coefficient (Wildman–Crippen LogP) is 0.501. The predicted molar refractivity (Wildman–Crippen MR) is 59.6 cm³/mol. The Morgan fingerprint density at radius 3 is 2.87 bits per heavy atom. The average molecular weight is 207 g/mol. The van der Waals surface area contributed by atoms with E-state index < -0.39 is 0 Å². The minimum absolute atomic E-state index is 0.147. The van der Waals surface area contributed by atoms with Crippen LogP contribution in [0.25, 0.3) is 0 Å². The summed E-state index contributed by atoms with van der Waals surface area (Å²) < 4.78 is 0. The third-order valence-electron chi connectivity index (χ3n) is 2.85. The number of piperidine rings is 1. The van der Waals surface area contributed by atoms with Gasteiger partial charge in [-0.3, -0.25) is 0 Å². The summed E-state index contributed by atoms with van der Waals surface area (Å²) in [6, 6.07) is 3.91. The maximum atomic E-state index is 9.43. The van der Waals surface area contributed by atoms with Crippen LogP contribution in [0.15, 0.2) is 18.3 Å². The number of hydrogen-bond donors (Lipinski definition) is 2. The van der Waals surface area contributed by atoms with E-state index in [1.165, 1.54) is 0 Å². The lowest BCUT2D eigenvalue weighted by Gasteiger charge is -2.31. The van der Waals surface area contributed by atoms with E-state index >= 15 is 0 Å². The van der Waals surface area contributed by atoms with Crippen LogP contribution < -0.4 is 10.6 Å². The van der Waals surface area contributed by atoms with Gasteiger partial charge in [-0.15, -0.1) is 0 Å². The molecule has 0 amide bonds. The molecule has 0 saturated carbocycles. The van der Waals surface area contributed by atoms with E-state index in [2.05, 4.69) is 9.88 Å². The van der Waals surface area contributed by atoms with Gasteiger partial charge in [0.25, 0.3) is 0 Å². The highest BCUT2D eigenvalue weighted by molar-refractivity contribution is 5.46. The minimum Gasteiger partial charge on any atom is -0.393 e. The largest absolute Gasteiger partial charge is 0.393 e. The Bertz CT molecular complexity index is 321. The topological polar surface area (TPSA) is 62.4 Å². The molecule has 0 unspecified atom stereocenters. The molecule has 82 valence electrons. The Balaban J connectivity index is 2.15. The molecule has 0 bridgehead atoms. The molecule has 2 rings (SSSR count). The highest BCUT2D eigenvalue weighted by Gasteiger charge is 2.19. The third-order valence-corrected chi connectivity index (χ3v) is 2.85. The van der Waals surface area contributed by atoms with Crippen molar-refractivity contribution in [2.45, 2.75) is 25.5 Å². The van der Waals surface area contributed by atoms with Crippen LogP contribution in [0.4, 0.5) is 5.82 Å². The molecule has 1 aliphatic rings. The third kappa shape index (κ3) is 2.27. The first kappa shape index (κ1) is 10.4. The fourth-order valence-electron chi connectivity index (χ4n) is 1.95. The molecule has 3 N–H and O–H groups in total. The van der Waals surface area contributed by atoms with Crippen molar-refractivity contribution in [3.8, 4) is 0 Å². The lowest BCUT2D eigenvalue weighted by atomic mass is 10.1. The van der Waals surface area contributed by atoms with Crippen molar-refractivity contribution >= 4 is 5.82 Å². The van der Waals surface area contributed by atoms with Crippen LogP contribution in [0.5, 0.6) is 0 Å². The second kappa shape index (κ2) is 4.59. The lowest BCUT2D eigenvalue weighted by molar-refractivity contribution is 0.145. The van der Waals surface area contributed by atoms with Crippen molar-refractivity contribution in [3.05, 3.63) is 23.9 Å². The van der Waals surface area contributed by atoms with E-state index in [9.17, 15) is 5.11 Å². The molecular formula is C11H17N3O. The molecule has 0 aromatic carbocycles. The van der Waals surface area contributed by atoms with Crippen molar-refractivity contribution in [2.75, 3.05) is 18.0 Å². The minimum atomic E-state index is -0.147. The number of anilines is 1. The van der Waals surface area contributed by atoms with Gasteiger partial charge in [0.1, 0.15) is 5.82 Å². The molecule has 0 atom stereocenters. The van der Waals surface area contributed by atoms with Gasteiger partial charge in [0.05, 0.1) is 6.10 Å². The van der Waals surface area contributed by atoms with Gasteiger partial charge in [-0.2, -0.15) is 0 Å². The van der Waals surface area contributed by atoms with Gasteiger partial charge >= 0.3 is 0 Å². The number of pyridine rings is 1. The van der Waals surface area contributed by atoms with Gasteiger partial charge < -0.3 is 15.7 Å². The zero-order chi connectivity index (χ0) is 10.7. The molecule has 0 radical (unpaired) electrons. The second-order valence-corrected chi connectivity index (χ2v) is 3.91. The van der Waals surface area contributed by atoms with E-state index in [4.69, 9.17) is 5.73 Å². The van der Waals surface area contributed by atoms with Crippen molar-refractivity contribution in [3.63, 3.8) is 0 Å². The molecular weight excluding hydrogens is 190 g/mol. The van der Waals surface area contributed by atoms with Crippen molar-refractivity contribution in [1.82, 2.24) is 4.98 Å². The Labute approximate surface area is 89.7 Å². The van der Waals surface area contributed by atoms with Crippen molar-refractivity contribution in [2.24, 2.45) is 5.73 Å². The second-order valence-electron chi connectivity index (χ2n) is 3.91. The molecule has 0 aliphatic carbocycles. The smallest absolute Gasteiger partial charge is 0.133 e. The van der Waals surface area contributed by atoms with Gasteiger partial charge in [-0.25, -0.2) is 4.98 Å². The standard InChI is InChI=1S/C11H17N3O/c12-8-9-2-1-5-13-11(9)14-6-3-10(15)4-7-14/h1-2,5,10,15H,3-4,6-8,12H2. The van der Waals surface area contributed by atoms with Crippen molar-refractivity contribution < 1.29 is 5.11 Å². The summed E-state index contributed by atoms with van der Waals surface area (Å²) >= 11 is 0. The first-order valence-electron chi connectivity index (χ1n) is 5.38. The van der Waals surface area contributed by atoms with Gasteiger partial charge in [-0.05, 0) is 18.9 Å². The van der Waals surface area contributed by atoms with E-state index in [-0.39, 0.29) is 6.10 Å². The van der Waals surface area contributed by atoms with Crippen LogP contribution in [0.1, 0.15) is 18.4 Å². The molecule has 4 nitrogen and oxygen atoms in total. The van der Waals surface area contributed by atoms with Crippen LogP contribution in [0.3, 0.4) is 0 Å².